The minimum atomic E-state index is -0.252. The lowest BCUT2D eigenvalue weighted by Gasteiger charge is -2.07. The molecule has 0 amide bonds. The van der Waals surface area contributed by atoms with Gasteiger partial charge in [-0.15, -0.1) is 0 Å². The molecular formula is C12H11BrFN3. The fourth-order valence-corrected chi connectivity index (χ4v) is 1.88. The molecule has 88 valence electrons. The van der Waals surface area contributed by atoms with Gasteiger partial charge in [0.25, 0.3) is 0 Å². The Morgan fingerprint density at radius 2 is 1.76 bits per heavy atom. The number of anilines is 2. The molecule has 1 aromatic carbocycles. The van der Waals surface area contributed by atoms with Crippen LogP contribution in [0.5, 0.6) is 0 Å². The minimum absolute atomic E-state index is 0.252. The van der Waals surface area contributed by atoms with Crippen LogP contribution in [0, 0.1) is 5.82 Å². The van der Waals surface area contributed by atoms with Crippen molar-refractivity contribution in [3.63, 3.8) is 0 Å². The van der Waals surface area contributed by atoms with Crippen molar-refractivity contribution in [2.75, 3.05) is 11.5 Å². The van der Waals surface area contributed by atoms with Crippen LogP contribution in [-0.4, -0.2) is 4.98 Å². The zero-order valence-corrected chi connectivity index (χ0v) is 10.5. The molecule has 0 atom stereocenters. The molecule has 0 saturated carbocycles. The van der Waals surface area contributed by atoms with Gasteiger partial charge in [0.05, 0.1) is 4.47 Å². The Morgan fingerprint density at radius 3 is 2.41 bits per heavy atom. The van der Waals surface area contributed by atoms with Crippen molar-refractivity contribution in [3.8, 4) is 0 Å². The summed E-state index contributed by atoms with van der Waals surface area (Å²) in [6.07, 6.45) is 0.595. The highest BCUT2D eigenvalue weighted by atomic mass is 79.9. The van der Waals surface area contributed by atoms with E-state index < -0.39 is 0 Å². The van der Waals surface area contributed by atoms with E-state index >= 15 is 0 Å². The molecule has 1 heterocycles. The summed E-state index contributed by atoms with van der Waals surface area (Å²) in [4.78, 5) is 4.02. The van der Waals surface area contributed by atoms with Gasteiger partial charge in [0.15, 0.2) is 0 Å². The highest BCUT2D eigenvalue weighted by Crippen LogP contribution is 2.24. The van der Waals surface area contributed by atoms with Gasteiger partial charge in [-0.25, -0.2) is 9.37 Å². The molecule has 4 N–H and O–H groups in total. The maximum absolute atomic E-state index is 12.8. The summed E-state index contributed by atoms with van der Waals surface area (Å²) >= 11 is 3.30. The van der Waals surface area contributed by atoms with Gasteiger partial charge < -0.3 is 11.5 Å². The van der Waals surface area contributed by atoms with Crippen molar-refractivity contribution >= 4 is 27.6 Å². The number of aromatic nitrogens is 1. The average molecular weight is 296 g/mol. The molecule has 0 spiro atoms. The number of benzene rings is 1. The van der Waals surface area contributed by atoms with Crippen LogP contribution in [0.4, 0.5) is 16.0 Å². The van der Waals surface area contributed by atoms with E-state index in [1.54, 1.807) is 12.1 Å². The van der Waals surface area contributed by atoms with Crippen LogP contribution in [-0.2, 0) is 6.42 Å². The fourth-order valence-electron chi connectivity index (χ4n) is 1.52. The third-order valence-electron chi connectivity index (χ3n) is 2.42. The van der Waals surface area contributed by atoms with Crippen LogP contribution in [0.3, 0.4) is 0 Å². The Kier molecular flexibility index (Phi) is 3.28. The van der Waals surface area contributed by atoms with E-state index in [0.717, 1.165) is 11.1 Å². The lowest BCUT2D eigenvalue weighted by Crippen LogP contribution is -2.02. The SMILES string of the molecule is Nc1nc(N)c(Cc2ccc(F)cc2)cc1Br. The lowest BCUT2D eigenvalue weighted by atomic mass is 10.1. The first kappa shape index (κ1) is 11.9. The summed E-state index contributed by atoms with van der Waals surface area (Å²) in [5.74, 6) is 0.513. The maximum Gasteiger partial charge on any atom is 0.140 e. The smallest absolute Gasteiger partial charge is 0.140 e. The normalized spacial score (nSPS) is 10.5. The first-order valence-corrected chi connectivity index (χ1v) is 5.80. The molecule has 17 heavy (non-hydrogen) atoms. The van der Waals surface area contributed by atoms with Gasteiger partial charge in [-0.1, -0.05) is 12.1 Å². The van der Waals surface area contributed by atoms with Crippen LogP contribution >= 0.6 is 15.9 Å². The van der Waals surface area contributed by atoms with Crippen LogP contribution in [0.2, 0.25) is 0 Å². The topological polar surface area (TPSA) is 64.9 Å². The molecule has 0 radical (unpaired) electrons. The summed E-state index contributed by atoms with van der Waals surface area (Å²) in [5, 5.41) is 0. The van der Waals surface area contributed by atoms with Crippen molar-refractivity contribution in [1.82, 2.24) is 4.98 Å². The quantitative estimate of drug-likeness (QED) is 0.895. The van der Waals surface area contributed by atoms with Gasteiger partial charge in [0.1, 0.15) is 17.5 Å². The van der Waals surface area contributed by atoms with Crippen LogP contribution < -0.4 is 11.5 Å². The monoisotopic (exact) mass is 295 g/mol. The third kappa shape index (κ3) is 2.74. The predicted molar refractivity (Wildman–Crippen MR) is 70.0 cm³/mol. The second kappa shape index (κ2) is 4.71. The van der Waals surface area contributed by atoms with Gasteiger partial charge in [0.2, 0.25) is 0 Å². The van der Waals surface area contributed by atoms with Gasteiger partial charge in [0, 0.05) is 6.42 Å². The van der Waals surface area contributed by atoms with Crippen molar-refractivity contribution in [2.45, 2.75) is 6.42 Å². The number of nitrogen functional groups attached to an aromatic ring is 2. The zero-order valence-electron chi connectivity index (χ0n) is 8.95. The molecule has 0 aliphatic carbocycles. The predicted octanol–water partition coefficient (Wildman–Crippen LogP) is 2.74. The van der Waals surface area contributed by atoms with E-state index in [9.17, 15) is 4.39 Å². The largest absolute Gasteiger partial charge is 0.383 e. The summed E-state index contributed by atoms with van der Waals surface area (Å²) < 4.78 is 13.5. The van der Waals surface area contributed by atoms with E-state index in [4.69, 9.17) is 11.5 Å². The van der Waals surface area contributed by atoms with Gasteiger partial charge in [-0.2, -0.15) is 0 Å². The number of hydrogen-bond donors (Lipinski definition) is 2. The Balaban J connectivity index is 2.30. The Bertz CT molecular complexity index is 540. The Hall–Kier alpha value is -1.62. The van der Waals surface area contributed by atoms with Crippen molar-refractivity contribution in [2.24, 2.45) is 0 Å². The zero-order chi connectivity index (χ0) is 12.4. The molecule has 3 nitrogen and oxygen atoms in total. The summed E-state index contributed by atoms with van der Waals surface area (Å²) in [6.45, 7) is 0. The molecule has 0 fully saturated rings. The second-order valence-corrected chi connectivity index (χ2v) is 4.56. The van der Waals surface area contributed by atoms with Crippen molar-refractivity contribution in [3.05, 3.63) is 51.7 Å². The molecule has 5 heteroatoms. The summed E-state index contributed by atoms with van der Waals surface area (Å²) in [6, 6.07) is 8.12. The van der Waals surface area contributed by atoms with E-state index in [-0.39, 0.29) is 5.82 Å². The summed E-state index contributed by atoms with van der Waals surface area (Å²) in [5.41, 5.74) is 13.2. The number of pyridine rings is 1. The molecule has 0 aliphatic heterocycles. The number of hydrogen-bond acceptors (Lipinski definition) is 3. The lowest BCUT2D eigenvalue weighted by molar-refractivity contribution is 0.627. The standard InChI is InChI=1S/C12H11BrFN3/c13-10-6-8(11(15)17-12(10)16)5-7-1-3-9(14)4-2-7/h1-4,6H,5H2,(H4,15,16,17). The molecular weight excluding hydrogens is 285 g/mol. The van der Waals surface area contributed by atoms with Gasteiger partial charge >= 0.3 is 0 Å². The third-order valence-corrected chi connectivity index (χ3v) is 3.06. The highest BCUT2D eigenvalue weighted by molar-refractivity contribution is 9.10. The highest BCUT2D eigenvalue weighted by Gasteiger charge is 2.06. The van der Waals surface area contributed by atoms with E-state index in [2.05, 4.69) is 20.9 Å². The first-order valence-electron chi connectivity index (χ1n) is 5.01. The number of halogens is 2. The van der Waals surface area contributed by atoms with E-state index in [1.165, 1.54) is 12.1 Å². The molecule has 0 unspecified atom stereocenters. The Labute approximate surface area is 107 Å². The number of rotatable bonds is 2. The first-order chi connectivity index (χ1) is 8.06. The minimum Gasteiger partial charge on any atom is -0.383 e. The van der Waals surface area contributed by atoms with Crippen LogP contribution in [0.1, 0.15) is 11.1 Å². The Morgan fingerprint density at radius 1 is 1.12 bits per heavy atom. The second-order valence-electron chi connectivity index (χ2n) is 3.70. The molecule has 0 bridgehead atoms. The molecule has 1 aromatic heterocycles. The van der Waals surface area contributed by atoms with Gasteiger partial charge in [-0.3, -0.25) is 0 Å². The van der Waals surface area contributed by atoms with Gasteiger partial charge in [-0.05, 0) is 45.3 Å². The van der Waals surface area contributed by atoms with Crippen LogP contribution in [0.25, 0.3) is 0 Å². The molecule has 2 rings (SSSR count). The molecule has 0 saturated heterocycles. The van der Waals surface area contributed by atoms with E-state index in [1.807, 2.05) is 6.07 Å². The molecule has 2 aromatic rings. The maximum atomic E-state index is 12.8. The average Bonchev–Trinajstić information content (AvgIpc) is 2.29. The van der Waals surface area contributed by atoms with Crippen molar-refractivity contribution < 1.29 is 4.39 Å². The van der Waals surface area contributed by atoms with E-state index in [0.29, 0.717) is 22.5 Å². The van der Waals surface area contributed by atoms with Crippen molar-refractivity contribution in [1.29, 1.82) is 0 Å². The molecule has 0 aliphatic rings. The summed E-state index contributed by atoms with van der Waals surface area (Å²) in [7, 11) is 0. The number of nitrogens with zero attached hydrogens (tertiary/aromatic N) is 1. The fraction of sp³-hybridized carbons (Fsp3) is 0.0833. The number of nitrogens with two attached hydrogens (primary N) is 2. The van der Waals surface area contributed by atoms with Crippen LogP contribution in [0.15, 0.2) is 34.8 Å².